The van der Waals surface area contributed by atoms with Gasteiger partial charge in [-0.1, -0.05) is 146 Å². The third-order valence-electron chi connectivity index (χ3n) is 11.5. The molecule has 12 aromatic rings. The van der Waals surface area contributed by atoms with E-state index in [2.05, 4.69) is 199 Å². The van der Waals surface area contributed by atoms with Crippen LogP contribution in [0.2, 0.25) is 0 Å². The molecule has 272 valence electrons. The van der Waals surface area contributed by atoms with Gasteiger partial charge < -0.3 is 9.32 Å². The zero-order chi connectivity index (χ0) is 38.2. The van der Waals surface area contributed by atoms with Gasteiger partial charge in [-0.25, -0.2) is 0 Å². The topological polar surface area (TPSA) is 16.4 Å². The predicted octanol–water partition coefficient (Wildman–Crippen LogP) is 16.8. The molecule has 0 aliphatic heterocycles. The molecule has 0 aliphatic carbocycles. The fourth-order valence-corrected chi connectivity index (χ4v) is 11.3. The van der Waals surface area contributed by atoms with Gasteiger partial charge >= 0.3 is 0 Å². The predicted molar refractivity (Wildman–Crippen MR) is 250 cm³/mol. The van der Waals surface area contributed by atoms with E-state index >= 15 is 0 Å². The van der Waals surface area contributed by atoms with Gasteiger partial charge in [0.05, 0.1) is 11.4 Å². The average Bonchev–Trinajstić information content (AvgIpc) is 3.99. The lowest BCUT2D eigenvalue weighted by atomic mass is 9.97. The van der Waals surface area contributed by atoms with Gasteiger partial charge in [-0.3, -0.25) is 0 Å². The Morgan fingerprint density at radius 1 is 0.345 bits per heavy atom. The first-order chi connectivity index (χ1) is 28.8. The van der Waals surface area contributed by atoms with E-state index < -0.39 is 0 Å². The number of fused-ring (bicyclic) bond motifs is 9. The highest BCUT2D eigenvalue weighted by Crippen LogP contribution is 2.52. The molecule has 12 rings (SSSR count). The summed E-state index contributed by atoms with van der Waals surface area (Å²) in [7, 11) is 0. The van der Waals surface area contributed by atoms with Gasteiger partial charge in [-0.05, 0) is 88.0 Å². The van der Waals surface area contributed by atoms with E-state index in [1.165, 1.54) is 73.7 Å². The monoisotopic (exact) mass is 775 g/mol. The SMILES string of the molecule is c1ccc(-c2ccc3c(c2)sc2c(-c4ccccc4)ccc(N(c4ccc5oc6ccccc6c5c4)c4cccc5sc6cccc(-c7ccccc7)c6c45)c23)cc1. The van der Waals surface area contributed by atoms with Crippen LogP contribution in [0.15, 0.2) is 205 Å². The van der Waals surface area contributed by atoms with Gasteiger partial charge in [0.1, 0.15) is 11.2 Å². The number of nitrogens with zero attached hydrogens (tertiary/aromatic N) is 1. The number of anilines is 3. The van der Waals surface area contributed by atoms with Gasteiger partial charge in [0.15, 0.2) is 0 Å². The molecule has 9 aromatic carbocycles. The zero-order valence-corrected chi connectivity index (χ0v) is 32.9. The first-order valence-electron chi connectivity index (χ1n) is 19.6. The number of thiophene rings is 2. The number of hydrogen-bond donors (Lipinski definition) is 0. The molecule has 0 saturated carbocycles. The Bertz CT molecular complexity index is 3510. The molecule has 0 amide bonds. The number of benzene rings is 9. The van der Waals surface area contributed by atoms with Crippen LogP contribution >= 0.6 is 22.7 Å². The molecule has 3 heterocycles. The zero-order valence-electron chi connectivity index (χ0n) is 31.2. The number of rotatable bonds is 6. The Morgan fingerprint density at radius 2 is 1.00 bits per heavy atom. The summed E-state index contributed by atoms with van der Waals surface area (Å²) in [4.78, 5) is 2.52. The molecule has 2 nitrogen and oxygen atoms in total. The summed E-state index contributed by atoms with van der Waals surface area (Å²) < 4.78 is 11.5. The lowest BCUT2D eigenvalue weighted by Gasteiger charge is -2.28. The van der Waals surface area contributed by atoms with Crippen LogP contribution < -0.4 is 4.90 Å². The van der Waals surface area contributed by atoms with Crippen LogP contribution in [0.4, 0.5) is 17.1 Å². The normalized spacial score (nSPS) is 11.8. The lowest BCUT2D eigenvalue weighted by Crippen LogP contribution is -2.11. The van der Waals surface area contributed by atoms with Gasteiger partial charge in [-0.2, -0.15) is 0 Å². The van der Waals surface area contributed by atoms with Crippen LogP contribution in [-0.2, 0) is 0 Å². The largest absolute Gasteiger partial charge is 0.456 e. The third kappa shape index (κ3) is 5.23. The highest BCUT2D eigenvalue weighted by atomic mass is 32.1. The number of hydrogen-bond acceptors (Lipinski definition) is 4. The van der Waals surface area contributed by atoms with Crippen LogP contribution in [0, 0.1) is 0 Å². The maximum atomic E-state index is 6.39. The van der Waals surface area contributed by atoms with Crippen LogP contribution in [-0.4, -0.2) is 0 Å². The number of furan rings is 1. The molecule has 0 aliphatic rings. The van der Waals surface area contributed by atoms with Gasteiger partial charge in [-0.15, -0.1) is 22.7 Å². The maximum Gasteiger partial charge on any atom is 0.135 e. The minimum absolute atomic E-state index is 0.884. The summed E-state index contributed by atoms with van der Waals surface area (Å²) in [5.41, 5.74) is 12.5. The molecule has 0 atom stereocenters. The highest BCUT2D eigenvalue weighted by molar-refractivity contribution is 7.26. The maximum absolute atomic E-state index is 6.39. The van der Waals surface area contributed by atoms with Crippen molar-refractivity contribution in [2.75, 3.05) is 4.90 Å². The van der Waals surface area contributed by atoms with E-state index in [9.17, 15) is 0 Å². The molecule has 0 spiro atoms. The van der Waals surface area contributed by atoms with Crippen molar-refractivity contribution in [2.45, 2.75) is 0 Å². The molecule has 0 fully saturated rings. The van der Waals surface area contributed by atoms with E-state index in [-0.39, 0.29) is 0 Å². The summed E-state index contributed by atoms with van der Waals surface area (Å²) in [5, 5.41) is 7.25. The first kappa shape index (κ1) is 33.2. The smallest absolute Gasteiger partial charge is 0.135 e. The second-order valence-corrected chi connectivity index (χ2v) is 16.9. The van der Waals surface area contributed by atoms with Crippen LogP contribution in [0.25, 0.3) is 95.7 Å². The summed E-state index contributed by atoms with van der Waals surface area (Å²) in [6.07, 6.45) is 0. The molecule has 4 heteroatoms. The molecular formula is C54H33NOS2. The van der Waals surface area contributed by atoms with Crippen LogP contribution in [0.3, 0.4) is 0 Å². The van der Waals surface area contributed by atoms with E-state index in [1.54, 1.807) is 0 Å². The van der Waals surface area contributed by atoms with Crippen LogP contribution in [0.1, 0.15) is 0 Å². The Morgan fingerprint density at radius 3 is 1.79 bits per heavy atom. The van der Waals surface area contributed by atoms with Crippen LogP contribution in [0.5, 0.6) is 0 Å². The first-order valence-corrected chi connectivity index (χ1v) is 21.2. The Hall–Kier alpha value is -6.98. The summed E-state index contributed by atoms with van der Waals surface area (Å²) in [5.74, 6) is 0. The second-order valence-electron chi connectivity index (χ2n) is 14.8. The van der Waals surface area contributed by atoms with Gasteiger partial charge in [0.25, 0.3) is 0 Å². The van der Waals surface area contributed by atoms with Crippen molar-refractivity contribution >= 4 is 102 Å². The Balaban J connectivity index is 1.20. The van der Waals surface area contributed by atoms with Crippen molar-refractivity contribution in [3.63, 3.8) is 0 Å². The van der Waals surface area contributed by atoms with Crippen molar-refractivity contribution in [3.05, 3.63) is 200 Å². The molecule has 0 saturated heterocycles. The quantitative estimate of drug-likeness (QED) is 0.167. The van der Waals surface area contributed by atoms with Gasteiger partial charge in [0, 0.05) is 56.8 Å². The van der Waals surface area contributed by atoms with Crippen molar-refractivity contribution in [1.29, 1.82) is 0 Å². The van der Waals surface area contributed by atoms with Crippen molar-refractivity contribution in [2.24, 2.45) is 0 Å². The fraction of sp³-hybridized carbons (Fsp3) is 0. The second kappa shape index (κ2) is 13.3. The molecule has 0 radical (unpaired) electrons. The average molecular weight is 776 g/mol. The highest BCUT2D eigenvalue weighted by Gasteiger charge is 2.25. The van der Waals surface area contributed by atoms with Crippen molar-refractivity contribution < 1.29 is 4.42 Å². The summed E-state index contributed by atoms with van der Waals surface area (Å²) in [6.45, 7) is 0. The molecule has 0 N–H and O–H groups in total. The molecule has 0 unspecified atom stereocenters. The molecule has 3 aromatic heterocycles. The van der Waals surface area contributed by atoms with E-state index in [0.717, 1.165) is 39.0 Å². The Labute approximate surface area is 343 Å². The van der Waals surface area contributed by atoms with Crippen molar-refractivity contribution in [1.82, 2.24) is 0 Å². The van der Waals surface area contributed by atoms with E-state index in [0.29, 0.717) is 0 Å². The summed E-state index contributed by atoms with van der Waals surface area (Å²) >= 11 is 3.75. The molecule has 58 heavy (non-hydrogen) atoms. The fourth-order valence-electron chi connectivity index (χ4n) is 8.86. The van der Waals surface area contributed by atoms with Crippen molar-refractivity contribution in [3.8, 4) is 33.4 Å². The third-order valence-corrected chi connectivity index (χ3v) is 13.8. The lowest BCUT2D eigenvalue weighted by molar-refractivity contribution is 0.669. The minimum atomic E-state index is 0.884. The van der Waals surface area contributed by atoms with E-state index in [1.807, 2.05) is 28.7 Å². The Kier molecular flexibility index (Phi) is 7.62. The molecular weight excluding hydrogens is 743 g/mol. The van der Waals surface area contributed by atoms with Gasteiger partial charge in [0.2, 0.25) is 0 Å². The van der Waals surface area contributed by atoms with E-state index in [4.69, 9.17) is 4.42 Å². The molecule has 0 bridgehead atoms. The standard InChI is InChI=1S/C54H33NOS2/c1-4-14-34(15-5-1)37-26-28-42-50(32-37)58-54-40(36-18-8-3-9-19-36)29-30-45(51(42)54)55(38-27-31-47-43(33-38)41-20-10-11-23-46(41)56-47)44-22-13-25-49-53(44)52-39(21-12-24-48(52)57-49)35-16-6-2-7-17-35/h1-33H. The minimum Gasteiger partial charge on any atom is -0.456 e. The number of para-hydroxylation sites is 1. The summed E-state index contributed by atoms with van der Waals surface area (Å²) in [6, 6.07) is 72.7.